The summed E-state index contributed by atoms with van der Waals surface area (Å²) in [5.74, 6) is -0.633. The highest BCUT2D eigenvalue weighted by Crippen LogP contribution is 2.36. The number of halogens is 2. The van der Waals surface area contributed by atoms with Crippen LogP contribution in [0.4, 0.5) is 9.18 Å². The molecule has 0 N–H and O–H groups in total. The molecule has 1 aliphatic heterocycles. The molecule has 0 aromatic heterocycles. The lowest BCUT2D eigenvalue weighted by molar-refractivity contribution is -0.129. The summed E-state index contributed by atoms with van der Waals surface area (Å²) in [6, 6.07) is 3.90. The third-order valence-corrected chi connectivity index (χ3v) is 4.90. The number of likely N-dealkylation sites (N-methyl/N-ethyl adjacent to an activating group) is 1. The zero-order valence-electron chi connectivity index (χ0n) is 17.0. The van der Waals surface area contributed by atoms with Crippen LogP contribution in [0.5, 0.6) is 0 Å². The number of nitrogens with zero attached hydrogens (tertiary/aromatic N) is 2. The van der Waals surface area contributed by atoms with E-state index in [0.29, 0.717) is 10.0 Å². The molecule has 2 amide bonds. The van der Waals surface area contributed by atoms with Crippen molar-refractivity contribution >= 4 is 27.9 Å². The van der Waals surface area contributed by atoms with Gasteiger partial charge >= 0.3 is 6.09 Å². The minimum absolute atomic E-state index is 0.0914. The van der Waals surface area contributed by atoms with Gasteiger partial charge in [0.05, 0.1) is 0 Å². The highest BCUT2D eigenvalue weighted by molar-refractivity contribution is 9.10. The van der Waals surface area contributed by atoms with Gasteiger partial charge in [-0.1, -0.05) is 42.8 Å². The lowest BCUT2D eigenvalue weighted by atomic mass is 9.91. The number of rotatable bonds is 2. The first kappa shape index (κ1) is 21.7. The highest BCUT2D eigenvalue weighted by atomic mass is 79.9. The molecule has 2 atom stereocenters. The van der Waals surface area contributed by atoms with E-state index in [1.807, 2.05) is 20.8 Å². The largest absolute Gasteiger partial charge is 0.444 e. The summed E-state index contributed by atoms with van der Waals surface area (Å²) in [7, 11) is 1.67. The van der Waals surface area contributed by atoms with Gasteiger partial charge in [0.2, 0.25) is 5.91 Å². The molecule has 0 bridgehead atoms. The van der Waals surface area contributed by atoms with Gasteiger partial charge in [0.15, 0.2) is 0 Å². The van der Waals surface area contributed by atoms with Crippen molar-refractivity contribution in [2.45, 2.75) is 65.8 Å². The molecule has 1 aliphatic rings. The first-order valence-electron chi connectivity index (χ1n) is 8.94. The predicted octanol–water partition coefficient (Wildman–Crippen LogP) is 4.58. The normalized spacial score (nSPS) is 21.0. The molecule has 0 unspecified atom stereocenters. The van der Waals surface area contributed by atoms with Crippen molar-refractivity contribution in [1.29, 1.82) is 0 Å². The molecular formula is C20H28BrFN2O3. The first-order chi connectivity index (χ1) is 12.2. The van der Waals surface area contributed by atoms with E-state index in [4.69, 9.17) is 4.74 Å². The predicted molar refractivity (Wildman–Crippen MR) is 106 cm³/mol. The van der Waals surface area contributed by atoms with Crippen molar-refractivity contribution in [1.82, 2.24) is 9.80 Å². The molecule has 1 aromatic rings. The standard InChI is InChI=1S/C20H28BrFN2O3/c1-19(2,3)17-23(7)16(25)15(24(17)18(26)27-20(4,5)6)10-12-8-9-13(21)11-14(12)22/h8-9,11,15,17H,10H2,1-7H3/t15-,17-/m0/s1. The van der Waals surface area contributed by atoms with Crippen LogP contribution in [0.1, 0.15) is 47.1 Å². The summed E-state index contributed by atoms with van der Waals surface area (Å²) in [4.78, 5) is 29.0. The van der Waals surface area contributed by atoms with Crippen LogP contribution in [-0.4, -0.2) is 46.7 Å². The second kappa shape index (κ2) is 7.41. The van der Waals surface area contributed by atoms with Crippen molar-refractivity contribution < 1.29 is 18.7 Å². The number of carbonyl (C=O) groups excluding carboxylic acids is 2. The SMILES string of the molecule is CN1C(=O)[C@H](Cc2ccc(Br)cc2F)N(C(=O)OC(C)(C)C)[C@H]1C(C)(C)C. The zero-order chi connectivity index (χ0) is 20.7. The Bertz CT molecular complexity index is 740. The Morgan fingerprint density at radius 3 is 2.30 bits per heavy atom. The van der Waals surface area contributed by atoms with E-state index in [2.05, 4.69) is 15.9 Å². The molecule has 150 valence electrons. The number of carbonyl (C=O) groups is 2. The summed E-state index contributed by atoms with van der Waals surface area (Å²) in [5.41, 5.74) is -0.709. The van der Waals surface area contributed by atoms with Gasteiger partial charge in [-0.3, -0.25) is 9.69 Å². The van der Waals surface area contributed by atoms with Crippen molar-refractivity contribution in [2.75, 3.05) is 7.05 Å². The molecule has 27 heavy (non-hydrogen) atoms. The molecule has 1 aromatic carbocycles. The second-order valence-corrected chi connectivity index (χ2v) is 9.95. The smallest absolute Gasteiger partial charge is 0.412 e. The zero-order valence-corrected chi connectivity index (χ0v) is 18.6. The fraction of sp³-hybridized carbons (Fsp3) is 0.600. The number of benzene rings is 1. The topological polar surface area (TPSA) is 49.9 Å². The maximum absolute atomic E-state index is 14.4. The van der Waals surface area contributed by atoms with E-state index in [-0.39, 0.29) is 12.3 Å². The van der Waals surface area contributed by atoms with Crippen LogP contribution in [0.25, 0.3) is 0 Å². The average molecular weight is 443 g/mol. The molecule has 1 saturated heterocycles. The lowest BCUT2D eigenvalue weighted by Gasteiger charge is -2.39. The molecule has 7 heteroatoms. The van der Waals surface area contributed by atoms with Gasteiger partial charge in [-0.05, 0) is 38.5 Å². The Hall–Kier alpha value is -1.63. The van der Waals surface area contributed by atoms with E-state index in [1.54, 1.807) is 44.9 Å². The van der Waals surface area contributed by atoms with Crippen LogP contribution in [0.15, 0.2) is 22.7 Å². The van der Waals surface area contributed by atoms with Gasteiger partial charge in [-0.15, -0.1) is 0 Å². The average Bonchev–Trinajstić information content (AvgIpc) is 2.73. The Morgan fingerprint density at radius 1 is 1.22 bits per heavy atom. The Morgan fingerprint density at radius 2 is 1.81 bits per heavy atom. The molecule has 5 nitrogen and oxygen atoms in total. The molecule has 2 rings (SSSR count). The van der Waals surface area contributed by atoms with Gasteiger partial charge in [-0.2, -0.15) is 0 Å². The highest BCUT2D eigenvalue weighted by Gasteiger charge is 2.52. The molecule has 0 spiro atoms. The first-order valence-corrected chi connectivity index (χ1v) is 9.73. The molecular weight excluding hydrogens is 415 g/mol. The molecule has 1 fully saturated rings. The third-order valence-electron chi connectivity index (χ3n) is 4.41. The summed E-state index contributed by atoms with van der Waals surface area (Å²) in [5, 5.41) is 0. The molecule has 1 heterocycles. The van der Waals surface area contributed by atoms with Crippen molar-refractivity contribution in [2.24, 2.45) is 5.41 Å². The number of amides is 2. The van der Waals surface area contributed by atoms with Gasteiger partial charge in [0.25, 0.3) is 0 Å². The maximum Gasteiger partial charge on any atom is 0.412 e. The lowest BCUT2D eigenvalue weighted by Crippen LogP contribution is -2.52. The van der Waals surface area contributed by atoms with Crippen LogP contribution in [0.2, 0.25) is 0 Å². The van der Waals surface area contributed by atoms with Crippen LogP contribution in [-0.2, 0) is 16.0 Å². The minimum atomic E-state index is -0.815. The van der Waals surface area contributed by atoms with E-state index in [1.165, 1.54) is 11.0 Å². The van der Waals surface area contributed by atoms with Gasteiger partial charge in [0.1, 0.15) is 23.6 Å². The Balaban J connectivity index is 2.45. The van der Waals surface area contributed by atoms with Crippen LogP contribution < -0.4 is 0 Å². The summed E-state index contributed by atoms with van der Waals surface area (Å²) in [6.07, 6.45) is -0.959. The van der Waals surface area contributed by atoms with Crippen molar-refractivity contribution in [3.63, 3.8) is 0 Å². The summed E-state index contributed by atoms with van der Waals surface area (Å²) >= 11 is 3.23. The molecule has 0 saturated carbocycles. The fourth-order valence-electron chi connectivity index (χ4n) is 3.45. The van der Waals surface area contributed by atoms with Crippen LogP contribution in [0, 0.1) is 11.2 Å². The van der Waals surface area contributed by atoms with Gasteiger partial charge in [0, 0.05) is 23.4 Å². The minimum Gasteiger partial charge on any atom is -0.444 e. The summed E-state index contributed by atoms with van der Waals surface area (Å²) < 4.78 is 20.6. The van der Waals surface area contributed by atoms with E-state index >= 15 is 0 Å². The summed E-state index contributed by atoms with van der Waals surface area (Å²) in [6.45, 7) is 11.2. The van der Waals surface area contributed by atoms with Gasteiger partial charge in [-0.25, -0.2) is 9.18 Å². The Labute approximate surface area is 169 Å². The van der Waals surface area contributed by atoms with Crippen LogP contribution >= 0.6 is 15.9 Å². The van der Waals surface area contributed by atoms with E-state index in [0.717, 1.165) is 0 Å². The second-order valence-electron chi connectivity index (χ2n) is 9.03. The quantitative estimate of drug-likeness (QED) is 0.673. The number of hydrogen-bond donors (Lipinski definition) is 0. The van der Waals surface area contributed by atoms with Crippen molar-refractivity contribution in [3.05, 3.63) is 34.1 Å². The maximum atomic E-state index is 14.4. The van der Waals surface area contributed by atoms with Gasteiger partial charge < -0.3 is 9.64 Å². The number of hydrogen-bond acceptors (Lipinski definition) is 3. The fourth-order valence-corrected chi connectivity index (χ4v) is 3.79. The van der Waals surface area contributed by atoms with E-state index in [9.17, 15) is 14.0 Å². The van der Waals surface area contributed by atoms with Crippen molar-refractivity contribution in [3.8, 4) is 0 Å². The molecule has 0 aliphatic carbocycles. The third kappa shape index (κ3) is 4.81. The van der Waals surface area contributed by atoms with E-state index < -0.39 is 35.1 Å². The molecule has 0 radical (unpaired) electrons. The number of ether oxygens (including phenoxy) is 1. The monoisotopic (exact) mass is 442 g/mol. The van der Waals surface area contributed by atoms with Crippen LogP contribution in [0.3, 0.4) is 0 Å². The Kier molecular flexibility index (Phi) is 5.95.